The topological polar surface area (TPSA) is 87.9 Å². The van der Waals surface area contributed by atoms with Crippen molar-refractivity contribution in [3.05, 3.63) is 90.3 Å². The Labute approximate surface area is 204 Å². The maximum atomic E-state index is 10.2. The first kappa shape index (κ1) is 28.5. The molecule has 3 N–H and O–H groups in total. The summed E-state index contributed by atoms with van der Waals surface area (Å²) in [5.41, 5.74) is 11.6. The maximum Gasteiger partial charge on any atom is 0.155 e. The van der Waals surface area contributed by atoms with Crippen LogP contribution >= 0.6 is 0 Å². The Bertz CT molecular complexity index is 971. The number of aromatic nitrogens is 3. The molecular formula is C28H39N5O. The summed E-state index contributed by atoms with van der Waals surface area (Å²) in [6.45, 7) is 11.8. The normalized spacial score (nSPS) is 11.8. The van der Waals surface area contributed by atoms with Crippen LogP contribution in [0.5, 0.6) is 0 Å². The molecule has 0 fully saturated rings. The number of nitrogen functional groups attached to an aromatic ring is 1. The minimum Gasteiger partial charge on any atom is -0.399 e. The van der Waals surface area contributed by atoms with Crippen LogP contribution in [-0.2, 0) is 24.3 Å². The molecule has 1 aromatic heterocycles. The first-order valence-electron chi connectivity index (χ1n) is 11.8. The van der Waals surface area contributed by atoms with Crippen molar-refractivity contribution in [2.24, 2.45) is 0 Å². The van der Waals surface area contributed by atoms with Crippen LogP contribution in [0.3, 0.4) is 0 Å². The SMILES string of the molecule is C=CCC.CC.CN1Cc2ccccc2C1.Nc1ccc(-c2ncn[nH]2)cc1CC/C=C/C=O. The van der Waals surface area contributed by atoms with Gasteiger partial charge in [-0.15, -0.1) is 6.58 Å². The number of rotatable bonds is 6. The summed E-state index contributed by atoms with van der Waals surface area (Å²) in [5, 5.41) is 6.63. The number of nitrogens with zero attached hydrogens (tertiary/aromatic N) is 3. The second-order valence-corrected chi connectivity index (χ2v) is 7.49. The lowest BCUT2D eigenvalue weighted by atomic mass is 10.0. The number of aryl methyl sites for hydroxylation is 1. The number of allylic oxidation sites excluding steroid dienone is 3. The predicted molar refractivity (Wildman–Crippen MR) is 143 cm³/mol. The third kappa shape index (κ3) is 9.96. The van der Waals surface area contributed by atoms with Crippen LogP contribution in [0.4, 0.5) is 5.69 Å². The van der Waals surface area contributed by atoms with Crippen molar-refractivity contribution in [3.8, 4) is 11.4 Å². The molecule has 0 unspecified atom stereocenters. The lowest BCUT2D eigenvalue weighted by Crippen LogP contribution is -2.07. The van der Waals surface area contributed by atoms with Gasteiger partial charge in [0.2, 0.25) is 0 Å². The summed E-state index contributed by atoms with van der Waals surface area (Å²) < 4.78 is 0. The smallest absolute Gasteiger partial charge is 0.155 e. The van der Waals surface area contributed by atoms with E-state index in [2.05, 4.69) is 64.9 Å². The molecule has 0 saturated carbocycles. The number of nitrogens with two attached hydrogens (primary N) is 1. The van der Waals surface area contributed by atoms with Crippen molar-refractivity contribution < 1.29 is 4.79 Å². The standard InChI is InChI=1S/C13H14N4O.C9H11N.C4H8.C2H6/c14-12-6-5-11(13-15-9-16-17-13)8-10(12)4-2-1-3-7-18;1-10-6-8-4-2-3-5-9(8)7-10;1-3-4-2;1-2/h1,3,5-9H,2,4,14H2,(H,15,16,17);2-5H,6-7H2,1H3;3H,1,4H2,2H3;1-2H3/b3-1+;;;. The molecule has 0 radical (unpaired) electrons. The van der Waals surface area contributed by atoms with E-state index in [1.165, 1.54) is 23.5 Å². The van der Waals surface area contributed by atoms with Gasteiger partial charge in [-0.3, -0.25) is 14.8 Å². The lowest BCUT2D eigenvalue weighted by Gasteiger charge is -2.06. The minimum atomic E-state index is 0.722. The average molecular weight is 462 g/mol. The number of benzene rings is 2. The van der Waals surface area contributed by atoms with Gasteiger partial charge in [0.05, 0.1) is 0 Å². The van der Waals surface area contributed by atoms with Crippen LogP contribution in [0, 0.1) is 0 Å². The van der Waals surface area contributed by atoms with Crippen molar-refractivity contribution in [1.82, 2.24) is 20.1 Å². The summed E-state index contributed by atoms with van der Waals surface area (Å²) in [6.07, 6.45) is 10.1. The number of fused-ring (bicyclic) bond motifs is 1. The van der Waals surface area contributed by atoms with E-state index in [-0.39, 0.29) is 0 Å². The van der Waals surface area contributed by atoms with Crippen molar-refractivity contribution in [2.75, 3.05) is 12.8 Å². The van der Waals surface area contributed by atoms with Crippen molar-refractivity contribution in [1.29, 1.82) is 0 Å². The molecule has 182 valence electrons. The summed E-state index contributed by atoms with van der Waals surface area (Å²) in [5.74, 6) is 0.722. The van der Waals surface area contributed by atoms with Gasteiger partial charge in [-0.05, 0) is 67.3 Å². The van der Waals surface area contributed by atoms with Gasteiger partial charge in [0.15, 0.2) is 5.82 Å². The number of nitrogens with one attached hydrogen (secondary N) is 1. The fourth-order valence-electron chi connectivity index (χ4n) is 3.21. The zero-order chi connectivity index (χ0) is 25.2. The molecular weight excluding hydrogens is 422 g/mol. The molecule has 4 rings (SSSR count). The molecule has 34 heavy (non-hydrogen) atoms. The number of aromatic amines is 1. The van der Waals surface area contributed by atoms with Gasteiger partial charge in [-0.25, -0.2) is 4.98 Å². The van der Waals surface area contributed by atoms with E-state index in [1.807, 2.05) is 44.2 Å². The Hall–Kier alpha value is -3.51. The van der Waals surface area contributed by atoms with Gasteiger partial charge in [-0.2, -0.15) is 5.10 Å². The number of aldehydes is 1. The summed E-state index contributed by atoms with van der Waals surface area (Å²) in [6, 6.07) is 14.4. The molecule has 2 aromatic carbocycles. The van der Waals surface area contributed by atoms with E-state index in [1.54, 1.807) is 0 Å². The number of hydrogen-bond donors (Lipinski definition) is 2. The highest BCUT2D eigenvalue weighted by Crippen LogP contribution is 2.22. The van der Waals surface area contributed by atoms with E-state index in [0.717, 1.165) is 61.3 Å². The number of carbonyl (C=O) groups is 1. The number of anilines is 1. The van der Waals surface area contributed by atoms with E-state index in [0.29, 0.717) is 0 Å². The van der Waals surface area contributed by atoms with Crippen LogP contribution in [-0.4, -0.2) is 33.4 Å². The molecule has 0 aliphatic carbocycles. The zero-order valence-electron chi connectivity index (χ0n) is 21.0. The molecule has 0 amide bonds. The van der Waals surface area contributed by atoms with Gasteiger partial charge < -0.3 is 5.73 Å². The highest BCUT2D eigenvalue weighted by atomic mass is 16.1. The van der Waals surface area contributed by atoms with Crippen LogP contribution in [0.15, 0.2) is 73.6 Å². The molecule has 6 nitrogen and oxygen atoms in total. The summed E-state index contributed by atoms with van der Waals surface area (Å²) >= 11 is 0. The first-order chi connectivity index (χ1) is 16.6. The molecule has 6 heteroatoms. The second kappa shape index (κ2) is 17.0. The number of H-pyrrole nitrogens is 1. The predicted octanol–water partition coefficient (Wildman–Crippen LogP) is 5.98. The van der Waals surface area contributed by atoms with E-state index in [4.69, 9.17) is 5.73 Å². The Morgan fingerprint density at radius 1 is 1.15 bits per heavy atom. The van der Waals surface area contributed by atoms with Crippen LogP contribution in [0.1, 0.15) is 50.3 Å². The molecule has 1 aliphatic rings. The summed E-state index contributed by atoms with van der Waals surface area (Å²) in [7, 11) is 2.15. The van der Waals surface area contributed by atoms with E-state index < -0.39 is 0 Å². The Balaban J connectivity index is 0.000000302. The second-order valence-electron chi connectivity index (χ2n) is 7.49. The maximum absolute atomic E-state index is 10.2. The molecule has 0 saturated heterocycles. The third-order valence-corrected chi connectivity index (χ3v) is 4.91. The largest absolute Gasteiger partial charge is 0.399 e. The Morgan fingerprint density at radius 3 is 2.32 bits per heavy atom. The van der Waals surface area contributed by atoms with Crippen molar-refractivity contribution in [2.45, 2.75) is 53.1 Å². The molecule has 2 heterocycles. The van der Waals surface area contributed by atoms with Crippen LogP contribution < -0.4 is 5.73 Å². The highest BCUT2D eigenvalue weighted by molar-refractivity contribution is 5.64. The number of carbonyl (C=O) groups excluding carboxylic acids is 1. The van der Waals surface area contributed by atoms with Crippen molar-refractivity contribution >= 4 is 12.0 Å². The highest BCUT2D eigenvalue weighted by Gasteiger charge is 2.13. The zero-order valence-corrected chi connectivity index (χ0v) is 21.0. The average Bonchev–Trinajstić information content (AvgIpc) is 3.54. The number of hydrogen-bond acceptors (Lipinski definition) is 5. The van der Waals surface area contributed by atoms with Gasteiger partial charge in [0.1, 0.15) is 12.6 Å². The van der Waals surface area contributed by atoms with Gasteiger partial charge in [0.25, 0.3) is 0 Å². The molecule has 0 bridgehead atoms. The Morgan fingerprint density at radius 2 is 1.79 bits per heavy atom. The fraction of sp³-hybridized carbons (Fsp3) is 0.321. The van der Waals surface area contributed by atoms with E-state index in [9.17, 15) is 4.79 Å². The third-order valence-electron chi connectivity index (χ3n) is 4.91. The molecule has 0 spiro atoms. The molecule has 0 atom stereocenters. The van der Waals surface area contributed by atoms with Gasteiger partial charge in [-0.1, -0.05) is 57.2 Å². The van der Waals surface area contributed by atoms with Gasteiger partial charge >= 0.3 is 0 Å². The van der Waals surface area contributed by atoms with Gasteiger partial charge in [0, 0.05) is 24.3 Å². The van der Waals surface area contributed by atoms with Crippen LogP contribution in [0.25, 0.3) is 11.4 Å². The monoisotopic (exact) mass is 461 g/mol. The molecule has 1 aliphatic heterocycles. The Kier molecular flexibility index (Phi) is 14.3. The van der Waals surface area contributed by atoms with Crippen LogP contribution in [0.2, 0.25) is 0 Å². The molecule has 3 aromatic rings. The van der Waals surface area contributed by atoms with Crippen molar-refractivity contribution in [3.63, 3.8) is 0 Å². The quantitative estimate of drug-likeness (QED) is 0.204. The van der Waals surface area contributed by atoms with E-state index >= 15 is 0 Å². The fourth-order valence-corrected chi connectivity index (χ4v) is 3.21. The first-order valence-corrected chi connectivity index (χ1v) is 11.8. The lowest BCUT2D eigenvalue weighted by molar-refractivity contribution is -0.104. The minimum absolute atomic E-state index is 0.722. The summed E-state index contributed by atoms with van der Waals surface area (Å²) in [4.78, 5) is 16.6.